The minimum Gasteiger partial charge on any atom is -0.497 e. The molecule has 0 fully saturated rings. The number of esters is 1. The summed E-state index contributed by atoms with van der Waals surface area (Å²) in [6.45, 7) is 3.85. The number of benzene rings is 2. The van der Waals surface area contributed by atoms with Crippen LogP contribution < -0.4 is 10.2 Å². The predicted molar refractivity (Wildman–Crippen MR) is 108 cm³/mol. The molecule has 0 radical (unpaired) electrons. The number of fused-ring (bicyclic) bond motifs is 1. The van der Waals surface area contributed by atoms with E-state index in [1.807, 2.05) is 43.3 Å². The lowest BCUT2D eigenvalue weighted by Gasteiger charge is -2.11. The second-order valence-corrected chi connectivity index (χ2v) is 7.05. The maximum atomic E-state index is 13.0. The molecular formula is C21H21NO4S. The summed E-state index contributed by atoms with van der Waals surface area (Å²) in [5.74, 6) is 0.786. The van der Waals surface area contributed by atoms with Gasteiger partial charge in [0.1, 0.15) is 11.3 Å². The first-order valence-corrected chi connectivity index (χ1v) is 9.61. The van der Waals surface area contributed by atoms with Gasteiger partial charge in [-0.15, -0.1) is 11.8 Å². The number of aromatic amines is 1. The molecule has 0 aliphatic carbocycles. The Labute approximate surface area is 161 Å². The molecule has 0 saturated carbocycles. The molecular weight excluding hydrogens is 362 g/mol. The van der Waals surface area contributed by atoms with Crippen LogP contribution in [0.25, 0.3) is 10.9 Å². The first-order valence-electron chi connectivity index (χ1n) is 8.63. The molecule has 0 saturated heterocycles. The van der Waals surface area contributed by atoms with Crippen molar-refractivity contribution in [3.8, 4) is 5.75 Å². The van der Waals surface area contributed by atoms with Gasteiger partial charge in [0.2, 0.25) is 5.43 Å². The van der Waals surface area contributed by atoms with E-state index in [2.05, 4.69) is 4.98 Å². The Morgan fingerprint density at radius 2 is 1.89 bits per heavy atom. The van der Waals surface area contributed by atoms with Crippen molar-refractivity contribution < 1.29 is 14.3 Å². The molecule has 2 aromatic carbocycles. The number of pyridine rings is 1. The van der Waals surface area contributed by atoms with Crippen molar-refractivity contribution in [3.05, 3.63) is 69.4 Å². The third-order valence-corrected chi connectivity index (χ3v) is 5.22. The molecule has 1 heterocycles. The Morgan fingerprint density at radius 1 is 1.15 bits per heavy atom. The summed E-state index contributed by atoms with van der Waals surface area (Å²) < 4.78 is 10.3. The molecule has 0 bridgehead atoms. The van der Waals surface area contributed by atoms with E-state index in [0.29, 0.717) is 21.7 Å². The van der Waals surface area contributed by atoms with Crippen LogP contribution in [-0.4, -0.2) is 24.7 Å². The van der Waals surface area contributed by atoms with Crippen LogP contribution in [0.3, 0.4) is 0 Å². The highest BCUT2D eigenvalue weighted by Gasteiger charge is 2.20. The number of methoxy groups -OCH3 is 1. The van der Waals surface area contributed by atoms with Crippen LogP contribution in [0.1, 0.15) is 28.4 Å². The van der Waals surface area contributed by atoms with Crippen molar-refractivity contribution in [2.24, 2.45) is 0 Å². The van der Waals surface area contributed by atoms with E-state index in [4.69, 9.17) is 9.47 Å². The number of carbonyl (C=O) groups is 1. The normalized spacial score (nSPS) is 10.8. The van der Waals surface area contributed by atoms with Crippen molar-refractivity contribution in [2.45, 2.75) is 24.6 Å². The number of nitrogens with one attached hydrogen (secondary N) is 1. The first kappa shape index (κ1) is 19.0. The SMILES string of the molecule is CCOC(=O)c1c(SCc2ccc(OC)cc2)[nH]c2ccc(C)cc2c1=O. The number of aryl methyl sites for hydroxylation is 1. The molecule has 0 atom stereocenters. The average molecular weight is 383 g/mol. The Balaban J connectivity index is 2.01. The van der Waals surface area contributed by atoms with E-state index in [1.54, 1.807) is 20.1 Å². The second kappa shape index (κ2) is 8.31. The summed E-state index contributed by atoms with van der Waals surface area (Å²) in [6.07, 6.45) is 0. The lowest BCUT2D eigenvalue weighted by Crippen LogP contribution is -2.20. The van der Waals surface area contributed by atoms with Gasteiger partial charge in [-0.25, -0.2) is 4.79 Å². The molecule has 27 heavy (non-hydrogen) atoms. The van der Waals surface area contributed by atoms with Gasteiger partial charge >= 0.3 is 5.97 Å². The molecule has 140 valence electrons. The summed E-state index contributed by atoms with van der Waals surface area (Å²) in [4.78, 5) is 28.6. The van der Waals surface area contributed by atoms with Gasteiger partial charge < -0.3 is 14.5 Å². The lowest BCUT2D eigenvalue weighted by molar-refractivity contribution is 0.0520. The van der Waals surface area contributed by atoms with E-state index in [0.717, 1.165) is 16.9 Å². The summed E-state index contributed by atoms with van der Waals surface area (Å²) in [7, 11) is 1.62. The highest BCUT2D eigenvalue weighted by Crippen LogP contribution is 2.27. The minimum atomic E-state index is -0.598. The number of hydrogen-bond acceptors (Lipinski definition) is 5. The van der Waals surface area contributed by atoms with Crippen molar-refractivity contribution in [1.82, 2.24) is 4.98 Å². The minimum absolute atomic E-state index is 0.0634. The van der Waals surface area contributed by atoms with Crippen LogP contribution in [0.4, 0.5) is 0 Å². The fraction of sp³-hybridized carbons (Fsp3) is 0.238. The van der Waals surface area contributed by atoms with Gasteiger partial charge in [-0.1, -0.05) is 23.8 Å². The Bertz CT molecular complexity index is 1020. The van der Waals surface area contributed by atoms with E-state index in [1.165, 1.54) is 11.8 Å². The average Bonchev–Trinajstić information content (AvgIpc) is 2.67. The zero-order valence-corrected chi connectivity index (χ0v) is 16.3. The van der Waals surface area contributed by atoms with Gasteiger partial charge in [-0.3, -0.25) is 4.79 Å². The van der Waals surface area contributed by atoms with Gasteiger partial charge in [0, 0.05) is 11.1 Å². The van der Waals surface area contributed by atoms with Crippen molar-refractivity contribution in [3.63, 3.8) is 0 Å². The summed E-state index contributed by atoms with van der Waals surface area (Å²) in [6, 6.07) is 13.3. The Kier molecular flexibility index (Phi) is 5.86. The number of H-pyrrole nitrogens is 1. The highest BCUT2D eigenvalue weighted by molar-refractivity contribution is 7.98. The maximum absolute atomic E-state index is 13.0. The van der Waals surface area contributed by atoms with Gasteiger partial charge in [0.05, 0.1) is 24.3 Å². The maximum Gasteiger partial charge on any atom is 0.344 e. The third-order valence-electron chi connectivity index (χ3n) is 4.14. The van der Waals surface area contributed by atoms with Gasteiger partial charge in [-0.2, -0.15) is 0 Å². The van der Waals surface area contributed by atoms with Crippen molar-refractivity contribution in [1.29, 1.82) is 0 Å². The number of rotatable bonds is 6. The Hall–Kier alpha value is -2.73. The molecule has 0 aliphatic rings. The van der Waals surface area contributed by atoms with Crippen LogP contribution in [0.5, 0.6) is 5.75 Å². The van der Waals surface area contributed by atoms with Crippen LogP contribution >= 0.6 is 11.8 Å². The first-order chi connectivity index (χ1) is 13.0. The van der Waals surface area contributed by atoms with Crippen LogP contribution in [0.15, 0.2) is 52.3 Å². The molecule has 0 unspecified atom stereocenters. The molecule has 3 rings (SSSR count). The third kappa shape index (κ3) is 4.17. The van der Waals surface area contributed by atoms with Crippen LogP contribution in [-0.2, 0) is 10.5 Å². The number of ether oxygens (including phenoxy) is 2. The van der Waals surface area contributed by atoms with E-state index in [9.17, 15) is 9.59 Å². The summed E-state index contributed by atoms with van der Waals surface area (Å²) in [5.41, 5.74) is 2.48. The van der Waals surface area contributed by atoms with E-state index >= 15 is 0 Å². The van der Waals surface area contributed by atoms with Gasteiger partial charge in [0.25, 0.3) is 0 Å². The number of carbonyl (C=O) groups excluding carboxylic acids is 1. The largest absolute Gasteiger partial charge is 0.497 e. The summed E-state index contributed by atoms with van der Waals surface area (Å²) >= 11 is 1.40. The fourth-order valence-electron chi connectivity index (χ4n) is 2.75. The molecule has 0 aliphatic heterocycles. The highest BCUT2D eigenvalue weighted by atomic mass is 32.2. The standard InChI is InChI=1S/C21H21NO4S/c1-4-26-21(24)18-19(23)16-11-13(2)5-10-17(16)22-20(18)27-12-14-6-8-15(25-3)9-7-14/h5-11H,4,12H2,1-3H3,(H,22,23). The van der Waals surface area contributed by atoms with E-state index in [-0.39, 0.29) is 17.6 Å². The Morgan fingerprint density at radius 3 is 2.56 bits per heavy atom. The monoisotopic (exact) mass is 383 g/mol. The fourth-order valence-corrected chi connectivity index (χ4v) is 3.76. The molecule has 0 spiro atoms. The van der Waals surface area contributed by atoms with Crippen molar-refractivity contribution in [2.75, 3.05) is 13.7 Å². The molecule has 1 aromatic heterocycles. The van der Waals surface area contributed by atoms with Gasteiger partial charge in [-0.05, 0) is 43.7 Å². The number of aromatic nitrogens is 1. The van der Waals surface area contributed by atoms with Crippen LogP contribution in [0, 0.1) is 6.92 Å². The smallest absolute Gasteiger partial charge is 0.344 e. The van der Waals surface area contributed by atoms with E-state index < -0.39 is 5.97 Å². The topological polar surface area (TPSA) is 68.4 Å². The lowest BCUT2D eigenvalue weighted by atomic mass is 10.1. The molecule has 5 nitrogen and oxygen atoms in total. The molecule has 3 aromatic rings. The second-order valence-electron chi connectivity index (χ2n) is 6.06. The number of hydrogen-bond donors (Lipinski definition) is 1. The van der Waals surface area contributed by atoms with Crippen molar-refractivity contribution >= 4 is 28.6 Å². The zero-order chi connectivity index (χ0) is 19.4. The zero-order valence-electron chi connectivity index (χ0n) is 15.5. The van der Waals surface area contributed by atoms with Crippen LogP contribution in [0.2, 0.25) is 0 Å². The quantitative estimate of drug-likeness (QED) is 0.507. The van der Waals surface area contributed by atoms with Gasteiger partial charge in [0.15, 0.2) is 0 Å². The number of thioether (sulfide) groups is 1. The predicted octanol–water partition coefficient (Wildman–Crippen LogP) is 4.31. The summed E-state index contributed by atoms with van der Waals surface area (Å²) in [5, 5.41) is 1.01. The molecule has 6 heteroatoms. The molecule has 1 N–H and O–H groups in total. The molecule has 0 amide bonds.